The second-order valence-electron chi connectivity index (χ2n) is 8.74. The van der Waals surface area contributed by atoms with Gasteiger partial charge in [-0.15, -0.1) is 11.3 Å². The van der Waals surface area contributed by atoms with Crippen LogP contribution in [0.15, 0.2) is 21.9 Å². The number of aliphatic hydroxyl groups is 1. The smallest absolute Gasteiger partial charge is 0.355 e. The molecule has 2 aliphatic rings. The predicted molar refractivity (Wildman–Crippen MR) is 121 cm³/mol. The highest BCUT2D eigenvalue weighted by molar-refractivity contribution is 8.01. The Kier molecular flexibility index (Phi) is 8.54. The largest absolute Gasteiger partial charge is 0.476 e. The van der Waals surface area contributed by atoms with E-state index in [-0.39, 0.29) is 17.5 Å². The van der Waals surface area contributed by atoms with Crippen molar-refractivity contribution in [2.24, 2.45) is 17.8 Å². The molecule has 3 atom stereocenters. The Morgan fingerprint density at radius 1 is 1.33 bits per heavy atom. The minimum atomic E-state index is -1.01. The number of carboxylic acid groups (broad SMARTS) is 1. The molecule has 0 amide bonds. The van der Waals surface area contributed by atoms with Gasteiger partial charge in [0.05, 0.1) is 5.60 Å². The number of carboxylic acids is 1. The molecule has 0 aliphatic heterocycles. The van der Waals surface area contributed by atoms with Crippen LogP contribution in [0.1, 0.15) is 81.6 Å². The lowest BCUT2D eigenvalue weighted by Gasteiger charge is -2.31. The summed E-state index contributed by atoms with van der Waals surface area (Å²) < 4.78 is 0.734. The van der Waals surface area contributed by atoms with Crippen LogP contribution in [0.5, 0.6) is 0 Å². The Morgan fingerprint density at radius 3 is 2.77 bits per heavy atom. The number of aromatic nitrogens is 1. The standard InChI is InChI=1S/C23H33NO4S2/c1-2-23(28,14-16-6-4-3-5-7-16)12-10-17-8-9-20(25)18(17)11-13-29-22-24-19(15-30-22)21(26)27/h10,12,15-18,28H,2-9,11,13-14H2,1H3,(H,26,27)/b12-10+/t17-,18-,23+/m1/s1. The molecular weight excluding hydrogens is 418 g/mol. The molecule has 30 heavy (non-hydrogen) atoms. The molecule has 0 spiro atoms. The lowest BCUT2D eigenvalue weighted by atomic mass is 9.79. The topological polar surface area (TPSA) is 87.5 Å². The zero-order valence-corrected chi connectivity index (χ0v) is 19.3. The Balaban J connectivity index is 1.54. The van der Waals surface area contributed by atoms with E-state index in [0.29, 0.717) is 24.5 Å². The van der Waals surface area contributed by atoms with Crippen LogP contribution < -0.4 is 0 Å². The van der Waals surface area contributed by atoms with Crippen LogP contribution in [-0.2, 0) is 4.79 Å². The Bertz CT molecular complexity index is 756. The van der Waals surface area contributed by atoms with Crippen molar-refractivity contribution in [3.63, 3.8) is 0 Å². The molecule has 5 nitrogen and oxygen atoms in total. The summed E-state index contributed by atoms with van der Waals surface area (Å²) in [6.45, 7) is 2.04. The van der Waals surface area contributed by atoms with Gasteiger partial charge < -0.3 is 10.2 Å². The molecule has 3 rings (SSSR count). The van der Waals surface area contributed by atoms with Crippen molar-refractivity contribution >= 4 is 34.9 Å². The molecule has 2 fully saturated rings. The third-order valence-electron chi connectivity index (χ3n) is 6.64. The van der Waals surface area contributed by atoms with Gasteiger partial charge >= 0.3 is 5.97 Å². The van der Waals surface area contributed by atoms with Crippen molar-refractivity contribution < 1.29 is 19.8 Å². The summed E-state index contributed by atoms with van der Waals surface area (Å²) in [6.07, 6.45) is 14.2. The third-order valence-corrected chi connectivity index (χ3v) is 8.70. The number of nitrogens with zero attached hydrogens (tertiary/aromatic N) is 1. The number of thioether (sulfide) groups is 1. The molecule has 0 aromatic carbocycles. The van der Waals surface area contributed by atoms with E-state index >= 15 is 0 Å². The molecule has 2 aliphatic carbocycles. The van der Waals surface area contributed by atoms with Crippen molar-refractivity contribution in [1.29, 1.82) is 0 Å². The van der Waals surface area contributed by atoms with Crippen molar-refractivity contribution in [1.82, 2.24) is 4.98 Å². The van der Waals surface area contributed by atoms with Crippen LogP contribution in [0.4, 0.5) is 0 Å². The highest BCUT2D eigenvalue weighted by Crippen LogP contribution is 2.37. The number of aromatic carboxylic acids is 1. The summed E-state index contributed by atoms with van der Waals surface area (Å²) in [5.41, 5.74) is -0.682. The number of carbonyl (C=O) groups is 2. The fourth-order valence-electron chi connectivity index (χ4n) is 4.76. The van der Waals surface area contributed by atoms with Crippen molar-refractivity contribution in [3.05, 3.63) is 23.2 Å². The fraction of sp³-hybridized carbons (Fsp3) is 0.696. The first-order valence-corrected chi connectivity index (χ1v) is 13.0. The van der Waals surface area contributed by atoms with Gasteiger partial charge in [0.15, 0.2) is 10.0 Å². The Hall–Kier alpha value is -1.18. The van der Waals surface area contributed by atoms with Crippen LogP contribution in [0.25, 0.3) is 0 Å². The molecule has 1 aromatic rings. The number of allylic oxidation sites excluding steroid dienone is 1. The summed E-state index contributed by atoms with van der Waals surface area (Å²) in [5, 5.41) is 21.7. The van der Waals surface area contributed by atoms with Crippen molar-refractivity contribution in [3.8, 4) is 0 Å². The summed E-state index contributed by atoms with van der Waals surface area (Å²) in [6, 6.07) is 0. The van der Waals surface area contributed by atoms with Crippen LogP contribution in [-0.4, -0.2) is 38.3 Å². The molecular formula is C23H33NO4S2. The number of thiazole rings is 1. The van der Waals surface area contributed by atoms with Crippen LogP contribution >= 0.6 is 23.1 Å². The van der Waals surface area contributed by atoms with Gasteiger partial charge in [-0.3, -0.25) is 4.79 Å². The maximum absolute atomic E-state index is 12.4. The molecule has 2 N–H and O–H groups in total. The van der Waals surface area contributed by atoms with E-state index in [4.69, 9.17) is 5.11 Å². The van der Waals surface area contributed by atoms with E-state index in [1.54, 1.807) is 5.38 Å². The van der Waals surface area contributed by atoms with Gasteiger partial charge in [0.2, 0.25) is 0 Å². The number of rotatable bonds is 10. The normalized spacial score (nSPS) is 25.1. The maximum atomic E-state index is 12.4. The number of carbonyl (C=O) groups excluding carboxylic acids is 1. The highest BCUT2D eigenvalue weighted by atomic mass is 32.2. The van der Waals surface area contributed by atoms with E-state index in [2.05, 4.69) is 11.1 Å². The molecule has 1 heterocycles. The fourth-order valence-corrected chi connectivity index (χ4v) is 6.65. The SMILES string of the molecule is CC[C@](O)(/C=C/[C@H]1CCC(=O)[C@@H]1CCSc1nc(C(=O)O)cs1)CC1CCCCC1. The molecule has 0 saturated heterocycles. The number of hydrogen-bond acceptors (Lipinski definition) is 6. The molecule has 7 heteroatoms. The lowest BCUT2D eigenvalue weighted by Crippen LogP contribution is -2.29. The van der Waals surface area contributed by atoms with Crippen molar-refractivity contribution in [2.75, 3.05) is 5.75 Å². The summed E-state index contributed by atoms with van der Waals surface area (Å²) in [5.74, 6) is 0.832. The predicted octanol–water partition coefficient (Wildman–Crippen LogP) is 5.59. The van der Waals surface area contributed by atoms with E-state index < -0.39 is 11.6 Å². The van der Waals surface area contributed by atoms with Crippen LogP contribution in [0.2, 0.25) is 0 Å². The molecule has 0 unspecified atom stereocenters. The molecule has 2 saturated carbocycles. The number of hydrogen-bond donors (Lipinski definition) is 2. The van der Waals surface area contributed by atoms with E-state index in [0.717, 1.165) is 29.4 Å². The highest BCUT2D eigenvalue weighted by Gasteiger charge is 2.34. The average Bonchev–Trinajstić information content (AvgIpc) is 3.35. The first-order chi connectivity index (χ1) is 14.4. The van der Waals surface area contributed by atoms with E-state index in [9.17, 15) is 14.7 Å². The summed E-state index contributed by atoms with van der Waals surface area (Å²) in [4.78, 5) is 27.5. The zero-order chi connectivity index (χ0) is 21.6. The number of Topliss-reactive ketones (excluding diaryl/α,β-unsaturated/α-hetero) is 1. The van der Waals surface area contributed by atoms with Gasteiger partial charge in [0.1, 0.15) is 5.78 Å². The quantitative estimate of drug-likeness (QED) is 0.356. The van der Waals surface area contributed by atoms with Gasteiger partial charge in [-0.05, 0) is 37.5 Å². The van der Waals surface area contributed by atoms with Crippen LogP contribution in [0, 0.1) is 17.8 Å². The van der Waals surface area contributed by atoms with E-state index in [1.165, 1.54) is 55.2 Å². The van der Waals surface area contributed by atoms with Gasteiger partial charge in [0, 0.05) is 23.5 Å². The van der Waals surface area contributed by atoms with Gasteiger partial charge in [-0.25, -0.2) is 9.78 Å². The molecule has 1 aromatic heterocycles. The maximum Gasteiger partial charge on any atom is 0.355 e. The minimum Gasteiger partial charge on any atom is -0.476 e. The number of ketones is 1. The third kappa shape index (κ3) is 6.41. The summed E-state index contributed by atoms with van der Waals surface area (Å²) in [7, 11) is 0. The van der Waals surface area contributed by atoms with Gasteiger partial charge in [0.25, 0.3) is 0 Å². The monoisotopic (exact) mass is 451 g/mol. The van der Waals surface area contributed by atoms with E-state index in [1.807, 2.05) is 13.0 Å². The second-order valence-corrected chi connectivity index (χ2v) is 10.9. The van der Waals surface area contributed by atoms with Gasteiger partial charge in [-0.1, -0.05) is 62.9 Å². The second kappa shape index (κ2) is 10.9. The minimum absolute atomic E-state index is 0.0107. The molecule has 0 radical (unpaired) electrons. The molecule has 0 bridgehead atoms. The first-order valence-electron chi connectivity index (χ1n) is 11.2. The molecule has 166 valence electrons. The zero-order valence-electron chi connectivity index (χ0n) is 17.7. The average molecular weight is 452 g/mol. The lowest BCUT2D eigenvalue weighted by molar-refractivity contribution is -0.121. The van der Waals surface area contributed by atoms with Gasteiger partial charge in [-0.2, -0.15) is 0 Å². The Morgan fingerprint density at radius 2 is 2.10 bits per heavy atom. The summed E-state index contributed by atoms with van der Waals surface area (Å²) >= 11 is 2.85. The Labute approximate surface area is 187 Å². The van der Waals surface area contributed by atoms with Crippen LogP contribution in [0.3, 0.4) is 0 Å². The van der Waals surface area contributed by atoms with Crippen molar-refractivity contribution in [2.45, 2.75) is 81.1 Å². The first kappa shape index (κ1) is 23.5.